The van der Waals surface area contributed by atoms with E-state index in [2.05, 4.69) is 21.2 Å². The number of nitrogens with one attached hydrogen (secondary N) is 1. The normalized spacial score (nSPS) is 20.4. The van der Waals surface area contributed by atoms with E-state index in [1.165, 1.54) is 6.33 Å². The highest BCUT2D eigenvalue weighted by Gasteiger charge is 2.16. The molecule has 2 rings (SSSR count). The molecule has 1 atom stereocenters. The van der Waals surface area contributed by atoms with Crippen molar-refractivity contribution in [2.24, 2.45) is 0 Å². The minimum Gasteiger partial charge on any atom is -0.473 e. The van der Waals surface area contributed by atoms with E-state index in [1.54, 1.807) is 6.07 Å². The van der Waals surface area contributed by atoms with Crippen molar-refractivity contribution in [3.8, 4) is 18.2 Å². The van der Waals surface area contributed by atoms with Crippen LogP contribution >= 0.6 is 0 Å². The van der Waals surface area contributed by atoms with Crippen molar-refractivity contribution in [2.75, 3.05) is 13.1 Å². The summed E-state index contributed by atoms with van der Waals surface area (Å²) in [5, 5.41) is 3.21. The standard InChI is InChI=1S/C10H11N3O/c1-2-8-5-10(13-7-12-8)14-9-3-4-11-6-9/h1,5,7,9,11H,3-4,6H2. The minimum absolute atomic E-state index is 0.204. The van der Waals surface area contributed by atoms with Gasteiger partial charge >= 0.3 is 0 Å². The van der Waals surface area contributed by atoms with Gasteiger partial charge in [0.1, 0.15) is 18.1 Å². The van der Waals surface area contributed by atoms with Gasteiger partial charge in [-0.05, 0) is 18.9 Å². The Bertz CT molecular complexity index is 353. The second kappa shape index (κ2) is 4.07. The monoisotopic (exact) mass is 189 g/mol. The summed E-state index contributed by atoms with van der Waals surface area (Å²) in [5.41, 5.74) is 0.556. The van der Waals surface area contributed by atoms with Crippen LogP contribution in [0.5, 0.6) is 5.88 Å². The molecule has 1 saturated heterocycles. The van der Waals surface area contributed by atoms with Crippen LogP contribution in [-0.2, 0) is 0 Å². The van der Waals surface area contributed by atoms with Crippen molar-refractivity contribution in [1.29, 1.82) is 0 Å². The maximum absolute atomic E-state index is 5.61. The predicted molar refractivity (Wildman–Crippen MR) is 51.9 cm³/mol. The molecule has 0 aliphatic carbocycles. The van der Waals surface area contributed by atoms with Crippen molar-refractivity contribution in [3.05, 3.63) is 18.1 Å². The molecule has 4 nitrogen and oxygen atoms in total. The molecule has 1 N–H and O–H groups in total. The summed E-state index contributed by atoms with van der Waals surface area (Å²) in [7, 11) is 0. The Balaban J connectivity index is 2.05. The molecule has 0 amide bonds. The lowest BCUT2D eigenvalue weighted by Crippen LogP contribution is -2.20. The second-order valence-corrected chi connectivity index (χ2v) is 3.12. The third-order valence-corrected chi connectivity index (χ3v) is 2.09. The fourth-order valence-corrected chi connectivity index (χ4v) is 1.38. The van der Waals surface area contributed by atoms with Crippen LogP contribution in [0.3, 0.4) is 0 Å². The van der Waals surface area contributed by atoms with Gasteiger partial charge in [-0.2, -0.15) is 0 Å². The zero-order chi connectivity index (χ0) is 9.80. The Morgan fingerprint density at radius 1 is 1.57 bits per heavy atom. The molecule has 1 aromatic rings. The van der Waals surface area contributed by atoms with E-state index < -0.39 is 0 Å². The number of hydrogen-bond acceptors (Lipinski definition) is 4. The van der Waals surface area contributed by atoms with Gasteiger partial charge in [0.05, 0.1) is 0 Å². The van der Waals surface area contributed by atoms with Gasteiger partial charge in [0, 0.05) is 12.6 Å². The average Bonchev–Trinajstić information content (AvgIpc) is 2.71. The number of aromatic nitrogens is 2. The Morgan fingerprint density at radius 2 is 2.50 bits per heavy atom. The van der Waals surface area contributed by atoms with Crippen LogP contribution in [0, 0.1) is 12.3 Å². The Morgan fingerprint density at radius 3 is 3.21 bits per heavy atom. The molecule has 2 heterocycles. The SMILES string of the molecule is C#Cc1cc(OC2CCNC2)ncn1. The largest absolute Gasteiger partial charge is 0.473 e. The van der Waals surface area contributed by atoms with E-state index in [1.807, 2.05) is 0 Å². The smallest absolute Gasteiger partial charge is 0.217 e. The molecule has 72 valence electrons. The first-order valence-corrected chi connectivity index (χ1v) is 4.54. The molecule has 1 unspecified atom stereocenters. The van der Waals surface area contributed by atoms with Crippen LogP contribution in [-0.4, -0.2) is 29.2 Å². The van der Waals surface area contributed by atoms with Gasteiger partial charge in [-0.1, -0.05) is 0 Å². The number of hydrogen-bond donors (Lipinski definition) is 1. The number of ether oxygens (including phenoxy) is 1. The fraction of sp³-hybridized carbons (Fsp3) is 0.400. The van der Waals surface area contributed by atoms with Gasteiger partial charge in [-0.25, -0.2) is 9.97 Å². The third kappa shape index (κ3) is 2.01. The van der Waals surface area contributed by atoms with Gasteiger partial charge in [0.15, 0.2) is 0 Å². The second-order valence-electron chi connectivity index (χ2n) is 3.12. The summed E-state index contributed by atoms with van der Waals surface area (Å²) >= 11 is 0. The average molecular weight is 189 g/mol. The Hall–Kier alpha value is -1.60. The van der Waals surface area contributed by atoms with E-state index in [4.69, 9.17) is 11.2 Å². The van der Waals surface area contributed by atoms with Gasteiger partial charge in [0.2, 0.25) is 5.88 Å². The lowest BCUT2D eigenvalue weighted by atomic mass is 10.3. The molecule has 0 saturated carbocycles. The van der Waals surface area contributed by atoms with Crippen LogP contribution in [0.1, 0.15) is 12.1 Å². The van der Waals surface area contributed by atoms with Gasteiger partial charge in [-0.3, -0.25) is 0 Å². The summed E-state index contributed by atoms with van der Waals surface area (Å²) < 4.78 is 5.61. The van der Waals surface area contributed by atoms with E-state index in [9.17, 15) is 0 Å². The molecule has 1 aliphatic rings. The molecule has 0 aromatic carbocycles. The molecule has 1 aromatic heterocycles. The molecular weight excluding hydrogens is 178 g/mol. The molecular formula is C10H11N3O. The van der Waals surface area contributed by atoms with Crippen molar-refractivity contribution in [1.82, 2.24) is 15.3 Å². The fourth-order valence-electron chi connectivity index (χ4n) is 1.38. The molecule has 1 fully saturated rings. The first-order valence-electron chi connectivity index (χ1n) is 4.54. The van der Waals surface area contributed by atoms with Crippen LogP contribution in [0.25, 0.3) is 0 Å². The molecule has 0 radical (unpaired) electrons. The summed E-state index contributed by atoms with van der Waals surface area (Å²) in [6.07, 6.45) is 7.86. The summed E-state index contributed by atoms with van der Waals surface area (Å²) in [6.45, 7) is 1.87. The zero-order valence-corrected chi connectivity index (χ0v) is 7.73. The van der Waals surface area contributed by atoms with Gasteiger partial charge in [0.25, 0.3) is 0 Å². The number of nitrogens with zero attached hydrogens (tertiary/aromatic N) is 2. The highest BCUT2D eigenvalue weighted by Crippen LogP contribution is 2.11. The van der Waals surface area contributed by atoms with E-state index >= 15 is 0 Å². The van der Waals surface area contributed by atoms with Gasteiger partial charge < -0.3 is 10.1 Å². The first-order chi connectivity index (χ1) is 6.88. The Kier molecular flexibility index (Phi) is 2.61. The molecule has 1 aliphatic heterocycles. The Labute approximate surface area is 82.7 Å². The summed E-state index contributed by atoms with van der Waals surface area (Å²) in [4.78, 5) is 7.88. The lowest BCUT2D eigenvalue weighted by molar-refractivity contribution is 0.213. The van der Waals surface area contributed by atoms with Crippen LogP contribution in [0.15, 0.2) is 12.4 Å². The summed E-state index contributed by atoms with van der Waals surface area (Å²) in [6, 6.07) is 1.68. The maximum Gasteiger partial charge on any atom is 0.217 e. The van der Waals surface area contributed by atoms with Crippen LogP contribution in [0.4, 0.5) is 0 Å². The minimum atomic E-state index is 0.204. The van der Waals surface area contributed by atoms with Crippen molar-refractivity contribution >= 4 is 0 Å². The van der Waals surface area contributed by atoms with Crippen LogP contribution in [0.2, 0.25) is 0 Å². The highest BCUT2D eigenvalue weighted by atomic mass is 16.5. The topological polar surface area (TPSA) is 47.0 Å². The highest BCUT2D eigenvalue weighted by molar-refractivity contribution is 5.27. The van der Waals surface area contributed by atoms with E-state index in [0.717, 1.165) is 19.5 Å². The molecule has 0 spiro atoms. The van der Waals surface area contributed by atoms with E-state index in [-0.39, 0.29) is 6.10 Å². The molecule has 0 bridgehead atoms. The number of terminal acetylenes is 1. The van der Waals surface area contributed by atoms with Crippen molar-refractivity contribution < 1.29 is 4.74 Å². The first kappa shape index (κ1) is 8.97. The maximum atomic E-state index is 5.61. The molecule has 14 heavy (non-hydrogen) atoms. The van der Waals surface area contributed by atoms with Crippen molar-refractivity contribution in [2.45, 2.75) is 12.5 Å². The molecule has 4 heteroatoms. The lowest BCUT2D eigenvalue weighted by Gasteiger charge is -2.10. The quantitative estimate of drug-likeness (QED) is 0.675. The van der Waals surface area contributed by atoms with Crippen molar-refractivity contribution in [3.63, 3.8) is 0 Å². The van der Waals surface area contributed by atoms with Gasteiger partial charge in [-0.15, -0.1) is 6.42 Å². The van der Waals surface area contributed by atoms with Crippen LogP contribution < -0.4 is 10.1 Å². The summed E-state index contributed by atoms with van der Waals surface area (Å²) in [5.74, 6) is 3.00. The zero-order valence-electron chi connectivity index (χ0n) is 7.73. The third-order valence-electron chi connectivity index (χ3n) is 2.09. The predicted octanol–water partition coefficient (Wildman–Crippen LogP) is 0.199. The number of rotatable bonds is 2. The van der Waals surface area contributed by atoms with E-state index in [0.29, 0.717) is 11.6 Å².